The third kappa shape index (κ3) is 5.20. The lowest BCUT2D eigenvalue weighted by Crippen LogP contribution is -2.23. The van der Waals surface area contributed by atoms with E-state index < -0.39 is 5.82 Å². The van der Waals surface area contributed by atoms with E-state index in [1.807, 2.05) is 0 Å². The number of ether oxygens (including phenoxy) is 1. The fourth-order valence-corrected chi connectivity index (χ4v) is 2.29. The van der Waals surface area contributed by atoms with Crippen molar-refractivity contribution in [3.05, 3.63) is 65.0 Å². The number of benzene rings is 2. The highest BCUT2D eigenvalue weighted by Gasteiger charge is 2.12. The zero-order valence-corrected chi connectivity index (χ0v) is 15.0. The summed E-state index contributed by atoms with van der Waals surface area (Å²) >= 11 is 5.14. The lowest BCUT2D eigenvalue weighted by Gasteiger charge is -2.19. The summed E-state index contributed by atoms with van der Waals surface area (Å²) in [5, 5.41) is 3.33. The molecule has 0 fully saturated rings. The Morgan fingerprint density at radius 1 is 1.12 bits per heavy atom. The van der Waals surface area contributed by atoms with Crippen LogP contribution in [0.5, 0.6) is 0 Å². The predicted octanol–water partition coefficient (Wildman–Crippen LogP) is 4.30. The van der Waals surface area contributed by atoms with Crippen molar-refractivity contribution in [1.82, 2.24) is 5.32 Å². The zero-order valence-electron chi connectivity index (χ0n) is 14.2. The first-order valence-corrected chi connectivity index (χ1v) is 8.20. The third-order valence-corrected chi connectivity index (χ3v) is 3.95. The van der Waals surface area contributed by atoms with Crippen LogP contribution in [0.1, 0.15) is 37.5 Å². The van der Waals surface area contributed by atoms with E-state index in [4.69, 9.17) is 22.7 Å². The molecule has 0 amide bonds. The highest BCUT2D eigenvalue weighted by molar-refractivity contribution is 7.80. The maximum Gasteiger partial charge on any atom is 0.257 e. The average molecular weight is 346 g/mol. The normalized spacial score (nSPS) is 11.2. The van der Waals surface area contributed by atoms with Crippen molar-refractivity contribution in [2.24, 2.45) is 0 Å². The predicted molar refractivity (Wildman–Crippen MR) is 100 cm³/mol. The summed E-state index contributed by atoms with van der Waals surface area (Å²) in [7, 11) is 0. The summed E-state index contributed by atoms with van der Waals surface area (Å²) in [5.41, 5.74) is 8.79. The van der Waals surface area contributed by atoms with Crippen LogP contribution in [0.15, 0.2) is 42.5 Å². The molecule has 128 valence electrons. The molecule has 24 heavy (non-hydrogen) atoms. The molecular formula is C19H23FN2OS. The van der Waals surface area contributed by atoms with E-state index in [-0.39, 0.29) is 22.9 Å². The Kier molecular flexibility index (Phi) is 5.78. The van der Waals surface area contributed by atoms with Gasteiger partial charge in [-0.2, -0.15) is 0 Å². The Morgan fingerprint density at radius 2 is 1.75 bits per heavy atom. The maximum absolute atomic E-state index is 13.4. The first-order chi connectivity index (χ1) is 11.3. The van der Waals surface area contributed by atoms with Gasteiger partial charge in [-0.25, -0.2) is 4.39 Å². The average Bonchev–Trinajstić information content (AvgIpc) is 2.53. The molecule has 0 aliphatic carbocycles. The second-order valence-electron chi connectivity index (χ2n) is 6.73. The van der Waals surface area contributed by atoms with Crippen molar-refractivity contribution in [2.75, 3.05) is 5.73 Å². The van der Waals surface area contributed by atoms with Crippen molar-refractivity contribution < 1.29 is 9.13 Å². The van der Waals surface area contributed by atoms with Crippen molar-refractivity contribution in [3.8, 4) is 0 Å². The molecule has 3 N–H and O–H groups in total. The van der Waals surface area contributed by atoms with Gasteiger partial charge in [-0.3, -0.25) is 0 Å². The zero-order chi connectivity index (χ0) is 17.7. The highest BCUT2D eigenvalue weighted by Crippen LogP contribution is 2.22. The molecule has 0 aliphatic rings. The summed E-state index contributed by atoms with van der Waals surface area (Å²) in [5.74, 6) is -0.450. The molecule has 0 spiro atoms. The smallest absolute Gasteiger partial charge is 0.257 e. The van der Waals surface area contributed by atoms with Crippen LogP contribution in [0, 0.1) is 5.82 Å². The van der Waals surface area contributed by atoms with Gasteiger partial charge in [-0.1, -0.05) is 51.1 Å². The minimum absolute atomic E-state index is 0.123. The standard InChI is InChI=1S/C19H23FN2OS/c1-19(2,3)15-7-4-13(5-8-15)11-22-18(24)23-12-14-6-9-17(21)16(20)10-14/h4-10H,11-12,21H2,1-3H3,(H,22,24). The van der Waals surface area contributed by atoms with Gasteiger partial charge in [0.1, 0.15) is 12.4 Å². The van der Waals surface area contributed by atoms with Gasteiger partial charge >= 0.3 is 0 Å². The Morgan fingerprint density at radius 3 is 2.33 bits per heavy atom. The van der Waals surface area contributed by atoms with Gasteiger partial charge in [0.05, 0.1) is 5.69 Å². The Hall–Kier alpha value is -2.14. The molecule has 3 nitrogen and oxygen atoms in total. The van der Waals surface area contributed by atoms with Crippen LogP contribution in [-0.4, -0.2) is 5.17 Å². The van der Waals surface area contributed by atoms with Crippen molar-refractivity contribution in [1.29, 1.82) is 0 Å². The number of anilines is 1. The van der Waals surface area contributed by atoms with Crippen LogP contribution in [0.4, 0.5) is 10.1 Å². The molecular weight excluding hydrogens is 323 g/mol. The number of nitrogens with two attached hydrogens (primary N) is 1. The van der Waals surface area contributed by atoms with E-state index in [9.17, 15) is 4.39 Å². The first kappa shape index (κ1) is 18.2. The number of nitrogen functional groups attached to an aromatic ring is 1. The molecule has 2 rings (SSSR count). The molecule has 2 aromatic rings. The van der Waals surface area contributed by atoms with Gasteiger partial charge < -0.3 is 15.8 Å². The number of rotatable bonds is 4. The molecule has 0 radical (unpaired) electrons. The van der Waals surface area contributed by atoms with Crippen LogP contribution in [0.25, 0.3) is 0 Å². The van der Waals surface area contributed by atoms with E-state index in [1.165, 1.54) is 17.7 Å². The molecule has 0 aromatic heterocycles. The Bertz CT molecular complexity index is 708. The quantitative estimate of drug-likeness (QED) is 0.640. The third-order valence-electron chi connectivity index (χ3n) is 3.69. The van der Waals surface area contributed by atoms with Gasteiger partial charge in [-0.05, 0) is 46.5 Å². The van der Waals surface area contributed by atoms with Crippen LogP contribution in [0.2, 0.25) is 0 Å². The summed E-state index contributed by atoms with van der Waals surface area (Å²) in [6.45, 7) is 7.33. The van der Waals surface area contributed by atoms with Crippen molar-refractivity contribution >= 4 is 23.1 Å². The van der Waals surface area contributed by atoms with E-state index in [0.717, 1.165) is 5.56 Å². The van der Waals surface area contributed by atoms with Crippen molar-refractivity contribution in [2.45, 2.75) is 39.3 Å². The maximum atomic E-state index is 13.4. The lowest BCUT2D eigenvalue weighted by atomic mass is 9.87. The molecule has 0 atom stereocenters. The fourth-order valence-electron chi connectivity index (χ4n) is 2.16. The second-order valence-corrected chi connectivity index (χ2v) is 7.10. The number of thiocarbonyl (C=S) groups is 1. The molecule has 0 aliphatic heterocycles. The fraction of sp³-hybridized carbons (Fsp3) is 0.316. The number of nitrogens with one attached hydrogen (secondary N) is 1. The van der Waals surface area contributed by atoms with Gasteiger partial charge in [-0.15, -0.1) is 0 Å². The Labute approximate surface area is 148 Å². The highest BCUT2D eigenvalue weighted by atomic mass is 32.1. The van der Waals surface area contributed by atoms with Crippen LogP contribution in [0.3, 0.4) is 0 Å². The van der Waals surface area contributed by atoms with Crippen molar-refractivity contribution in [3.63, 3.8) is 0 Å². The molecule has 5 heteroatoms. The topological polar surface area (TPSA) is 47.3 Å². The SMILES string of the molecule is CC(C)(C)c1ccc(CNC(=S)OCc2ccc(N)c(F)c2)cc1. The number of halogens is 1. The van der Waals surface area contributed by atoms with Gasteiger partial charge in [0.15, 0.2) is 0 Å². The van der Waals surface area contributed by atoms with E-state index >= 15 is 0 Å². The number of hydrogen-bond donors (Lipinski definition) is 2. The summed E-state index contributed by atoms with van der Waals surface area (Å²) < 4.78 is 18.8. The number of hydrogen-bond acceptors (Lipinski definition) is 3. The van der Waals surface area contributed by atoms with Crippen LogP contribution >= 0.6 is 12.2 Å². The van der Waals surface area contributed by atoms with Gasteiger partial charge in [0.2, 0.25) is 0 Å². The summed E-state index contributed by atoms with van der Waals surface area (Å²) in [4.78, 5) is 0. The minimum Gasteiger partial charge on any atom is -0.466 e. The molecule has 0 saturated carbocycles. The summed E-state index contributed by atoms with van der Waals surface area (Å²) in [6, 6.07) is 13.0. The van der Waals surface area contributed by atoms with E-state index in [0.29, 0.717) is 12.1 Å². The second kappa shape index (κ2) is 7.62. The van der Waals surface area contributed by atoms with Crippen LogP contribution in [-0.2, 0) is 23.3 Å². The van der Waals surface area contributed by atoms with Gasteiger partial charge in [0.25, 0.3) is 5.17 Å². The summed E-state index contributed by atoms with van der Waals surface area (Å²) in [6.07, 6.45) is 0. The van der Waals surface area contributed by atoms with Gasteiger partial charge in [0, 0.05) is 6.54 Å². The molecule has 0 heterocycles. The van der Waals surface area contributed by atoms with E-state index in [2.05, 4.69) is 50.4 Å². The molecule has 0 unspecified atom stereocenters. The molecule has 0 saturated heterocycles. The molecule has 0 bridgehead atoms. The molecule has 2 aromatic carbocycles. The lowest BCUT2D eigenvalue weighted by molar-refractivity contribution is 0.285. The monoisotopic (exact) mass is 346 g/mol. The minimum atomic E-state index is -0.450. The van der Waals surface area contributed by atoms with Crippen LogP contribution < -0.4 is 11.1 Å². The Balaban J connectivity index is 1.81. The largest absolute Gasteiger partial charge is 0.466 e. The first-order valence-electron chi connectivity index (χ1n) is 7.79. The van der Waals surface area contributed by atoms with E-state index in [1.54, 1.807) is 6.07 Å².